The fraction of sp³-hybridized carbons (Fsp3) is 0.761. The van der Waals surface area contributed by atoms with Gasteiger partial charge in [0.2, 0.25) is 0 Å². The van der Waals surface area contributed by atoms with Crippen molar-refractivity contribution in [3.05, 3.63) is 60.9 Å². The van der Waals surface area contributed by atoms with Crippen molar-refractivity contribution in [1.82, 2.24) is 0 Å². The van der Waals surface area contributed by atoms with E-state index in [9.17, 15) is 24.5 Å². The van der Waals surface area contributed by atoms with Gasteiger partial charge in [0.15, 0.2) is 6.10 Å². The number of hydrogen-bond acceptors (Lipinski definition) is 8. The monoisotopic (exact) mass is 827 g/mol. The molecule has 0 aromatic heterocycles. The SMILES string of the molecule is CCCCC/C=C\C/C=C\C/C=C\CC(O)C(O)CCCC(=O)OC[C@H](COP(=O)(O)OCC[N+](C)(C)C)O/C=C/CCCCCCCC/C=C\CCCCCC. The molecular weight excluding hydrogens is 741 g/mol. The Morgan fingerprint density at radius 2 is 1.14 bits per heavy atom. The number of carbonyl (C=O) groups excluding carboxylic acids is 1. The van der Waals surface area contributed by atoms with E-state index in [4.69, 9.17) is 18.5 Å². The van der Waals surface area contributed by atoms with Crippen LogP contribution in [0.1, 0.15) is 162 Å². The van der Waals surface area contributed by atoms with E-state index in [1.807, 2.05) is 39.4 Å². The number of ether oxygens (including phenoxy) is 2. The zero-order valence-electron chi connectivity index (χ0n) is 36.8. The predicted molar refractivity (Wildman–Crippen MR) is 236 cm³/mol. The third-order valence-electron chi connectivity index (χ3n) is 9.34. The number of esters is 1. The number of phosphoric acid groups is 1. The molecule has 0 saturated carbocycles. The van der Waals surface area contributed by atoms with Crippen LogP contribution in [-0.2, 0) is 27.9 Å². The first-order valence-electron chi connectivity index (χ1n) is 22.2. The van der Waals surface area contributed by atoms with Gasteiger partial charge in [-0.15, -0.1) is 0 Å². The highest BCUT2D eigenvalue weighted by Gasteiger charge is 2.26. The van der Waals surface area contributed by atoms with Gasteiger partial charge in [0.1, 0.15) is 19.8 Å². The van der Waals surface area contributed by atoms with E-state index in [1.165, 1.54) is 89.7 Å². The molecule has 0 aliphatic heterocycles. The third-order valence-corrected chi connectivity index (χ3v) is 10.3. The van der Waals surface area contributed by atoms with Gasteiger partial charge in [0.25, 0.3) is 0 Å². The largest absolute Gasteiger partial charge is 0.492 e. The number of rotatable bonds is 40. The van der Waals surface area contributed by atoms with Crippen LogP contribution < -0.4 is 0 Å². The van der Waals surface area contributed by atoms with Crippen molar-refractivity contribution in [3.63, 3.8) is 0 Å². The Balaban J connectivity index is 4.54. The van der Waals surface area contributed by atoms with E-state index in [1.54, 1.807) is 0 Å². The van der Waals surface area contributed by atoms with Crippen LogP contribution >= 0.6 is 7.82 Å². The molecule has 0 aliphatic rings. The summed E-state index contributed by atoms with van der Waals surface area (Å²) < 4.78 is 34.5. The number of hydrogen-bond donors (Lipinski definition) is 3. The van der Waals surface area contributed by atoms with Crippen molar-refractivity contribution in [3.8, 4) is 0 Å². The first-order chi connectivity index (χ1) is 27.4. The van der Waals surface area contributed by atoms with Crippen LogP contribution in [0.5, 0.6) is 0 Å². The Bertz CT molecular complexity index is 1130. The predicted octanol–water partition coefficient (Wildman–Crippen LogP) is 11.2. The van der Waals surface area contributed by atoms with Crippen LogP contribution in [0.2, 0.25) is 0 Å². The summed E-state index contributed by atoms with van der Waals surface area (Å²) in [6.45, 7) is 4.51. The third kappa shape index (κ3) is 40.5. The molecule has 3 N–H and O–H groups in total. The van der Waals surface area contributed by atoms with E-state index < -0.39 is 32.1 Å². The number of unbranched alkanes of at least 4 members (excludes halogenated alkanes) is 14. The Morgan fingerprint density at radius 3 is 1.75 bits per heavy atom. The van der Waals surface area contributed by atoms with E-state index in [-0.39, 0.29) is 32.7 Å². The number of carbonyl (C=O) groups is 1. The van der Waals surface area contributed by atoms with Gasteiger partial charge < -0.3 is 29.1 Å². The molecule has 57 heavy (non-hydrogen) atoms. The van der Waals surface area contributed by atoms with Crippen LogP contribution in [0.4, 0.5) is 0 Å². The maximum absolute atomic E-state index is 12.5. The average Bonchev–Trinajstić information content (AvgIpc) is 3.16. The summed E-state index contributed by atoms with van der Waals surface area (Å²) in [5.41, 5.74) is 0. The number of nitrogens with zero attached hydrogens (tertiary/aromatic N) is 1. The fourth-order valence-corrected chi connectivity index (χ4v) is 6.37. The van der Waals surface area contributed by atoms with Gasteiger partial charge in [-0.25, -0.2) is 4.57 Å². The fourth-order valence-electron chi connectivity index (χ4n) is 5.63. The molecule has 0 saturated heterocycles. The molecule has 0 rings (SSSR count). The van der Waals surface area contributed by atoms with E-state index in [0.29, 0.717) is 23.9 Å². The molecule has 0 aliphatic carbocycles. The molecule has 0 spiro atoms. The molecule has 3 unspecified atom stereocenters. The highest BCUT2D eigenvalue weighted by molar-refractivity contribution is 7.47. The number of aliphatic hydroxyl groups is 2. The van der Waals surface area contributed by atoms with Gasteiger partial charge in [-0.05, 0) is 89.5 Å². The van der Waals surface area contributed by atoms with Crippen molar-refractivity contribution in [2.75, 3.05) is 47.5 Å². The van der Waals surface area contributed by atoms with E-state index in [2.05, 4.69) is 50.3 Å². The number of quaternary nitrogens is 1. The molecule has 0 radical (unpaired) electrons. The van der Waals surface area contributed by atoms with Crippen LogP contribution in [0.25, 0.3) is 0 Å². The van der Waals surface area contributed by atoms with Crippen molar-refractivity contribution >= 4 is 13.8 Å². The van der Waals surface area contributed by atoms with Crippen LogP contribution in [0.3, 0.4) is 0 Å². The van der Waals surface area contributed by atoms with Gasteiger partial charge in [-0.3, -0.25) is 13.8 Å². The number of aliphatic hydroxyl groups excluding tert-OH is 2. The molecule has 0 heterocycles. The molecule has 0 aromatic carbocycles. The molecule has 0 amide bonds. The topological polar surface area (TPSA) is 132 Å². The van der Waals surface area contributed by atoms with Crippen LogP contribution in [0.15, 0.2) is 60.9 Å². The second kappa shape index (κ2) is 38.2. The Hall–Kier alpha value is -2.04. The minimum Gasteiger partial charge on any atom is -0.492 e. The summed E-state index contributed by atoms with van der Waals surface area (Å²) in [7, 11) is 1.51. The van der Waals surface area contributed by atoms with Crippen molar-refractivity contribution in [1.29, 1.82) is 0 Å². The van der Waals surface area contributed by atoms with Crippen LogP contribution in [0, 0.1) is 0 Å². The van der Waals surface area contributed by atoms with Gasteiger partial charge >= 0.3 is 13.8 Å². The number of allylic oxidation sites excluding steroid dienone is 8. The molecule has 11 heteroatoms. The van der Waals surface area contributed by atoms with E-state index in [0.717, 1.165) is 38.5 Å². The summed E-state index contributed by atoms with van der Waals surface area (Å²) in [5, 5.41) is 20.7. The van der Waals surface area contributed by atoms with Gasteiger partial charge in [-0.1, -0.05) is 120 Å². The lowest BCUT2D eigenvalue weighted by molar-refractivity contribution is -0.870. The summed E-state index contributed by atoms with van der Waals surface area (Å²) >= 11 is 0. The first-order valence-corrected chi connectivity index (χ1v) is 23.7. The van der Waals surface area contributed by atoms with Crippen molar-refractivity contribution in [2.45, 2.75) is 180 Å². The zero-order chi connectivity index (χ0) is 42.3. The number of likely N-dealkylation sites (N-methyl/N-ethyl adjacent to an activating group) is 1. The quantitative estimate of drug-likeness (QED) is 0.0138. The minimum absolute atomic E-state index is 0.0411. The number of phosphoric ester groups is 1. The van der Waals surface area contributed by atoms with E-state index >= 15 is 0 Å². The second-order valence-electron chi connectivity index (χ2n) is 16.1. The normalized spacial score (nSPS) is 15.4. The summed E-state index contributed by atoms with van der Waals surface area (Å²) in [6, 6.07) is 0. The second-order valence-corrected chi connectivity index (χ2v) is 17.5. The molecule has 0 bridgehead atoms. The van der Waals surface area contributed by atoms with Crippen molar-refractivity contribution in [2.24, 2.45) is 0 Å². The maximum atomic E-state index is 12.5. The maximum Gasteiger partial charge on any atom is 0.472 e. The van der Waals surface area contributed by atoms with Gasteiger partial charge in [-0.2, -0.15) is 0 Å². The van der Waals surface area contributed by atoms with Gasteiger partial charge in [0, 0.05) is 6.42 Å². The summed E-state index contributed by atoms with van der Waals surface area (Å²) in [4.78, 5) is 22.7. The lowest BCUT2D eigenvalue weighted by atomic mass is 10.0. The Kier molecular flexibility index (Phi) is 36.8. The summed E-state index contributed by atoms with van der Waals surface area (Å²) in [6.07, 6.45) is 41.0. The lowest BCUT2D eigenvalue weighted by Crippen LogP contribution is -2.37. The Morgan fingerprint density at radius 1 is 0.632 bits per heavy atom. The minimum atomic E-state index is -4.34. The van der Waals surface area contributed by atoms with Gasteiger partial charge in [0.05, 0.1) is 46.2 Å². The highest BCUT2D eigenvalue weighted by Crippen LogP contribution is 2.43. The molecule has 0 aromatic rings. The molecule has 4 atom stereocenters. The average molecular weight is 827 g/mol. The molecule has 10 nitrogen and oxygen atoms in total. The van der Waals surface area contributed by atoms with Crippen LogP contribution in [-0.4, -0.2) is 91.4 Å². The zero-order valence-corrected chi connectivity index (χ0v) is 37.7. The molecule has 0 fully saturated rings. The molecular formula is C46H85NO9P+. The standard InChI is InChI=1S/C46H84NO9P/c1-6-8-10-12-14-16-18-20-21-22-23-25-27-29-31-33-39-53-43(42-56-57(51,52)55-40-38-47(3,4)5)41-54-46(50)37-34-36-45(49)44(48)35-32-30-28-26-24-19-17-15-13-11-9-7-2/h15-18,24,26,30,32-33,39,43-45,48-49H,6-14,19-23,25,27-29,31,34-38,40-42H2,1-5H3/p+1/b17-15-,18-16-,26-24-,32-30-,39-33+/t43-,44?,45?/m1/s1. The summed E-state index contributed by atoms with van der Waals surface area (Å²) in [5.74, 6) is -0.499. The smallest absolute Gasteiger partial charge is 0.472 e. The van der Waals surface area contributed by atoms with Crippen molar-refractivity contribution < 1.29 is 47.5 Å². The first kappa shape index (κ1) is 55.0. The Labute approximate surface area is 348 Å². The highest BCUT2D eigenvalue weighted by atomic mass is 31.2. The lowest BCUT2D eigenvalue weighted by Gasteiger charge is -2.24. The molecule has 332 valence electrons.